The number of halogens is 1. The van der Waals surface area contributed by atoms with Gasteiger partial charge in [-0.25, -0.2) is 4.39 Å². The Balaban J connectivity index is 1.62. The highest BCUT2D eigenvalue weighted by molar-refractivity contribution is 5.60. The molecule has 0 amide bonds. The number of hydrogen-bond donors (Lipinski definition) is 2. The molecule has 0 spiro atoms. The van der Waals surface area contributed by atoms with Crippen molar-refractivity contribution in [2.45, 2.75) is 19.4 Å². The van der Waals surface area contributed by atoms with Crippen LogP contribution in [0.25, 0.3) is 17.0 Å². The first-order valence-corrected chi connectivity index (χ1v) is 8.44. The van der Waals surface area contributed by atoms with E-state index in [0.29, 0.717) is 28.6 Å². The van der Waals surface area contributed by atoms with Crippen LogP contribution in [-0.4, -0.2) is 31.5 Å². The predicted octanol–water partition coefficient (Wildman–Crippen LogP) is 3.15. The summed E-state index contributed by atoms with van der Waals surface area (Å²) in [6.07, 6.45) is 0. The first-order chi connectivity index (χ1) is 12.9. The van der Waals surface area contributed by atoms with Gasteiger partial charge in [0.2, 0.25) is 0 Å². The molecule has 0 aliphatic carbocycles. The van der Waals surface area contributed by atoms with Crippen LogP contribution < -0.4 is 5.32 Å². The van der Waals surface area contributed by atoms with Crippen molar-refractivity contribution in [3.05, 3.63) is 65.9 Å². The Kier molecular flexibility index (Phi) is 4.12. The highest BCUT2D eigenvalue weighted by Gasteiger charge is 2.27. The summed E-state index contributed by atoms with van der Waals surface area (Å²) in [6.45, 7) is 3.65. The Hall–Kier alpha value is -3.26. The van der Waals surface area contributed by atoms with Gasteiger partial charge in [-0.15, -0.1) is 15.3 Å². The van der Waals surface area contributed by atoms with Crippen LogP contribution in [0.4, 0.5) is 10.2 Å². The van der Waals surface area contributed by atoms with Crippen molar-refractivity contribution in [3.8, 4) is 11.4 Å². The van der Waals surface area contributed by atoms with Gasteiger partial charge in [-0.2, -0.15) is 4.52 Å². The quantitative estimate of drug-likeness (QED) is 0.563. The van der Waals surface area contributed by atoms with Gasteiger partial charge in [-0.1, -0.05) is 12.1 Å². The predicted molar refractivity (Wildman–Crippen MR) is 97.7 cm³/mol. The molecular formula is C19H18FN5O2. The number of aliphatic hydroxyl groups is 1. The molecule has 0 aliphatic heterocycles. The third kappa shape index (κ3) is 3.26. The van der Waals surface area contributed by atoms with E-state index in [0.717, 1.165) is 5.76 Å². The van der Waals surface area contributed by atoms with Crippen LogP contribution >= 0.6 is 0 Å². The first kappa shape index (κ1) is 17.2. The highest BCUT2D eigenvalue weighted by Crippen LogP contribution is 2.24. The van der Waals surface area contributed by atoms with Crippen LogP contribution in [0.3, 0.4) is 0 Å². The average molecular weight is 367 g/mol. The fourth-order valence-corrected chi connectivity index (χ4v) is 2.77. The second kappa shape index (κ2) is 6.48. The lowest BCUT2D eigenvalue weighted by atomic mass is 10.0. The molecule has 138 valence electrons. The molecule has 3 aromatic heterocycles. The van der Waals surface area contributed by atoms with E-state index >= 15 is 0 Å². The lowest BCUT2D eigenvalue weighted by molar-refractivity contribution is 0.0467. The molecule has 3 heterocycles. The number of anilines is 1. The smallest absolute Gasteiger partial charge is 0.188 e. The Morgan fingerprint density at radius 1 is 1.15 bits per heavy atom. The maximum Gasteiger partial charge on any atom is 0.188 e. The standard InChI is InChI=1S/C19H18FN5O2/c1-12-7-8-15(27-12)19(2,26)11-21-16-9-10-17-22-23-18(25(17)24-16)13-5-3-4-6-14(13)20/h3-10,26H,11H2,1-2H3,(H,21,24). The molecule has 7 nitrogen and oxygen atoms in total. The van der Waals surface area contributed by atoms with Crippen LogP contribution in [0.1, 0.15) is 18.4 Å². The minimum Gasteiger partial charge on any atom is -0.463 e. The average Bonchev–Trinajstić information content (AvgIpc) is 3.27. The van der Waals surface area contributed by atoms with Crippen LogP contribution in [0.15, 0.2) is 52.9 Å². The summed E-state index contributed by atoms with van der Waals surface area (Å²) in [5.41, 5.74) is -0.410. The number of aryl methyl sites for hydroxylation is 1. The first-order valence-electron chi connectivity index (χ1n) is 8.44. The molecule has 4 rings (SSSR count). The second-order valence-corrected chi connectivity index (χ2v) is 6.53. The van der Waals surface area contributed by atoms with Gasteiger partial charge >= 0.3 is 0 Å². The van der Waals surface area contributed by atoms with Crippen LogP contribution in [-0.2, 0) is 5.60 Å². The number of rotatable bonds is 5. The zero-order chi connectivity index (χ0) is 19.0. The Labute approximate surface area is 154 Å². The van der Waals surface area contributed by atoms with Gasteiger partial charge < -0.3 is 14.8 Å². The Bertz CT molecular complexity index is 1100. The number of fused-ring (bicyclic) bond motifs is 1. The van der Waals surface area contributed by atoms with E-state index in [1.165, 1.54) is 10.6 Å². The van der Waals surface area contributed by atoms with E-state index in [1.807, 2.05) is 6.92 Å². The van der Waals surface area contributed by atoms with Crippen LogP contribution in [0.2, 0.25) is 0 Å². The van der Waals surface area contributed by atoms with Crippen molar-refractivity contribution in [3.63, 3.8) is 0 Å². The molecule has 0 saturated heterocycles. The Morgan fingerprint density at radius 2 is 1.96 bits per heavy atom. The fourth-order valence-electron chi connectivity index (χ4n) is 2.77. The minimum atomic E-state index is -1.22. The van der Waals surface area contributed by atoms with Crippen molar-refractivity contribution in [2.24, 2.45) is 0 Å². The van der Waals surface area contributed by atoms with Gasteiger partial charge in [-0.3, -0.25) is 0 Å². The molecule has 0 fully saturated rings. The molecule has 0 radical (unpaired) electrons. The summed E-state index contributed by atoms with van der Waals surface area (Å²) in [6, 6.07) is 13.3. The summed E-state index contributed by atoms with van der Waals surface area (Å²) < 4.78 is 21.1. The molecule has 1 atom stereocenters. The topological polar surface area (TPSA) is 88.5 Å². The maximum absolute atomic E-state index is 14.1. The van der Waals surface area contributed by atoms with Gasteiger partial charge in [0.25, 0.3) is 0 Å². The SMILES string of the molecule is Cc1ccc(C(C)(O)CNc2ccc3nnc(-c4ccccc4F)n3n2)o1. The number of benzene rings is 1. The number of aromatic nitrogens is 4. The fraction of sp³-hybridized carbons (Fsp3) is 0.211. The Morgan fingerprint density at radius 3 is 2.70 bits per heavy atom. The number of nitrogens with one attached hydrogen (secondary N) is 1. The summed E-state index contributed by atoms with van der Waals surface area (Å²) >= 11 is 0. The molecule has 0 aliphatic rings. The molecule has 0 bridgehead atoms. The van der Waals surface area contributed by atoms with Crippen molar-refractivity contribution in [2.75, 3.05) is 11.9 Å². The van der Waals surface area contributed by atoms with Crippen LogP contribution in [0, 0.1) is 12.7 Å². The maximum atomic E-state index is 14.1. The molecule has 1 aromatic carbocycles. The van der Waals surface area contributed by atoms with Gasteiger partial charge in [0.05, 0.1) is 12.1 Å². The van der Waals surface area contributed by atoms with Gasteiger partial charge in [-0.05, 0) is 50.2 Å². The number of hydrogen-bond acceptors (Lipinski definition) is 6. The summed E-state index contributed by atoms with van der Waals surface area (Å²) in [5, 5.41) is 26.2. The highest BCUT2D eigenvalue weighted by atomic mass is 19.1. The zero-order valence-electron chi connectivity index (χ0n) is 14.8. The van der Waals surface area contributed by atoms with E-state index < -0.39 is 11.4 Å². The van der Waals surface area contributed by atoms with Gasteiger partial charge in [0.15, 0.2) is 11.5 Å². The normalized spacial score (nSPS) is 13.6. The number of furan rings is 1. The monoisotopic (exact) mass is 367 g/mol. The minimum absolute atomic E-state index is 0.176. The van der Waals surface area contributed by atoms with Gasteiger partial charge in [0, 0.05) is 0 Å². The summed E-state index contributed by atoms with van der Waals surface area (Å²) in [7, 11) is 0. The van der Waals surface area contributed by atoms with E-state index in [9.17, 15) is 9.50 Å². The number of nitrogens with zero attached hydrogens (tertiary/aromatic N) is 4. The zero-order valence-corrected chi connectivity index (χ0v) is 14.8. The molecule has 4 aromatic rings. The molecule has 2 N–H and O–H groups in total. The van der Waals surface area contributed by atoms with Crippen LogP contribution in [0.5, 0.6) is 0 Å². The molecule has 0 saturated carbocycles. The van der Waals surface area contributed by atoms with Gasteiger partial charge in [0.1, 0.15) is 28.8 Å². The van der Waals surface area contributed by atoms with E-state index in [4.69, 9.17) is 4.42 Å². The van der Waals surface area contributed by atoms with E-state index in [2.05, 4.69) is 20.6 Å². The van der Waals surface area contributed by atoms with Crippen molar-refractivity contribution < 1.29 is 13.9 Å². The lowest BCUT2D eigenvalue weighted by Crippen LogP contribution is -2.30. The third-order valence-corrected chi connectivity index (χ3v) is 4.26. The van der Waals surface area contributed by atoms with Crippen molar-refractivity contribution >= 4 is 11.5 Å². The largest absolute Gasteiger partial charge is 0.463 e. The molecular weight excluding hydrogens is 349 g/mol. The van der Waals surface area contributed by atoms with E-state index in [-0.39, 0.29) is 6.54 Å². The third-order valence-electron chi connectivity index (χ3n) is 4.26. The summed E-state index contributed by atoms with van der Waals surface area (Å²) in [4.78, 5) is 0. The summed E-state index contributed by atoms with van der Waals surface area (Å²) in [5.74, 6) is 1.58. The lowest BCUT2D eigenvalue weighted by Gasteiger charge is -2.21. The molecule has 1 unspecified atom stereocenters. The van der Waals surface area contributed by atoms with E-state index in [1.54, 1.807) is 49.4 Å². The van der Waals surface area contributed by atoms with Crippen molar-refractivity contribution in [1.29, 1.82) is 0 Å². The second-order valence-electron chi connectivity index (χ2n) is 6.53. The molecule has 8 heteroatoms. The van der Waals surface area contributed by atoms with Crippen molar-refractivity contribution in [1.82, 2.24) is 19.8 Å². The molecule has 27 heavy (non-hydrogen) atoms.